The average Bonchev–Trinajstić information content (AvgIpc) is 2.45. The molecule has 7 heteroatoms. The lowest BCUT2D eigenvalue weighted by Crippen LogP contribution is -2.27. The first kappa shape index (κ1) is 20.3. The van der Waals surface area contributed by atoms with Crippen LogP contribution in [0.2, 0.25) is 10.0 Å². The maximum Gasteiger partial charge on any atom is 0.509 e. The Labute approximate surface area is 151 Å². The molecule has 0 fully saturated rings. The van der Waals surface area contributed by atoms with Gasteiger partial charge >= 0.3 is 12.1 Å². The van der Waals surface area contributed by atoms with Gasteiger partial charge < -0.3 is 14.2 Å². The van der Waals surface area contributed by atoms with Crippen LogP contribution in [0.25, 0.3) is 0 Å². The highest BCUT2D eigenvalue weighted by Crippen LogP contribution is 2.35. The topological polar surface area (TPSA) is 61.8 Å². The standard InChI is InChI=1S/C17H20Cl2O5/c1-6-22-15(20)10(2)14(23-16(21)24-17(3,4)5)11-8-7-9-12(18)13(11)19/h7-9,14H,2,6H2,1,3-5H3. The first-order valence-electron chi connectivity index (χ1n) is 7.26. The Morgan fingerprint density at radius 1 is 1.25 bits per heavy atom. The van der Waals surface area contributed by atoms with Crippen LogP contribution in [0.5, 0.6) is 0 Å². The molecule has 0 aliphatic rings. The zero-order chi connectivity index (χ0) is 18.5. The van der Waals surface area contributed by atoms with E-state index in [1.807, 2.05) is 0 Å². The van der Waals surface area contributed by atoms with E-state index < -0.39 is 23.8 Å². The van der Waals surface area contributed by atoms with Gasteiger partial charge in [-0.05, 0) is 33.8 Å². The fourth-order valence-electron chi connectivity index (χ4n) is 1.75. The van der Waals surface area contributed by atoms with Crippen molar-refractivity contribution in [1.29, 1.82) is 0 Å². The lowest BCUT2D eigenvalue weighted by molar-refractivity contribution is -0.139. The molecular formula is C17H20Cl2O5. The van der Waals surface area contributed by atoms with Gasteiger partial charge in [0, 0.05) is 5.56 Å². The minimum absolute atomic E-state index is 0.0909. The van der Waals surface area contributed by atoms with Gasteiger partial charge in [0.05, 0.1) is 22.2 Å². The van der Waals surface area contributed by atoms with E-state index in [-0.39, 0.29) is 22.2 Å². The Morgan fingerprint density at radius 3 is 2.42 bits per heavy atom. The summed E-state index contributed by atoms with van der Waals surface area (Å²) in [7, 11) is 0. The van der Waals surface area contributed by atoms with E-state index in [0.717, 1.165) is 0 Å². The fraction of sp³-hybridized carbons (Fsp3) is 0.412. The summed E-state index contributed by atoms with van der Waals surface area (Å²) in [6.07, 6.45) is -2.14. The van der Waals surface area contributed by atoms with E-state index in [9.17, 15) is 9.59 Å². The van der Waals surface area contributed by atoms with Crippen molar-refractivity contribution in [2.24, 2.45) is 0 Å². The summed E-state index contributed by atoms with van der Waals surface area (Å²) in [5, 5.41) is 0.404. The molecule has 0 bridgehead atoms. The van der Waals surface area contributed by atoms with E-state index in [1.54, 1.807) is 45.9 Å². The van der Waals surface area contributed by atoms with Gasteiger partial charge in [0.15, 0.2) is 6.10 Å². The number of carbonyl (C=O) groups is 2. The highest BCUT2D eigenvalue weighted by atomic mass is 35.5. The molecule has 0 amide bonds. The number of ether oxygens (including phenoxy) is 3. The molecule has 0 saturated heterocycles. The first-order chi connectivity index (χ1) is 11.1. The van der Waals surface area contributed by atoms with Crippen LogP contribution < -0.4 is 0 Å². The van der Waals surface area contributed by atoms with Crippen molar-refractivity contribution in [3.63, 3.8) is 0 Å². The Morgan fingerprint density at radius 2 is 1.88 bits per heavy atom. The predicted octanol–water partition coefficient (Wildman–Crippen LogP) is 5.11. The van der Waals surface area contributed by atoms with Crippen molar-refractivity contribution >= 4 is 35.3 Å². The maximum absolute atomic E-state index is 12.0. The zero-order valence-electron chi connectivity index (χ0n) is 14.0. The Bertz CT molecular complexity index is 634. The highest BCUT2D eigenvalue weighted by molar-refractivity contribution is 6.42. The molecule has 0 aliphatic carbocycles. The molecule has 0 aliphatic heterocycles. The van der Waals surface area contributed by atoms with Crippen LogP contribution in [0.15, 0.2) is 30.4 Å². The second kappa shape index (κ2) is 8.40. The highest BCUT2D eigenvalue weighted by Gasteiger charge is 2.30. The van der Waals surface area contributed by atoms with E-state index >= 15 is 0 Å². The van der Waals surface area contributed by atoms with Gasteiger partial charge in [-0.2, -0.15) is 0 Å². The van der Waals surface area contributed by atoms with E-state index in [0.29, 0.717) is 5.56 Å². The van der Waals surface area contributed by atoms with Crippen molar-refractivity contribution < 1.29 is 23.8 Å². The Hall–Kier alpha value is -1.72. The summed E-state index contributed by atoms with van der Waals surface area (Å²) >= 11 is 12.2. The van der Waals surface area contributed by atoms with Crippen molar-refractivity contribution in [1.82, 2.24) is 0 Å². The number of benzene rings is 1. The van der Waals surface area contributed by atoms with Crippen LogP contribution in [-0.4, -0.2) is 24.3 Å². The summed E-state index contributed by atoms with van der Waals surface area (Å²) in [6.45, 7) is 10.5. The number of hydrogen-bond acceptors (Lipinski definition) is 5. The van der Waals surface area contributed by atoms with Gasteiger partial charge in [-0.15, -0.1) is 0 Å². The average molecular weight is 375 g/mol. The van der Waals surface area contributed by atoms with E-state index in [2.05, 4.69) is 6.58 Å². The molecule has 132 valence electrons. The number of rotatable bonds is 5. The molecule has 1 atom stereocenters. The molecule has 0 radical (unpaired) electrons. The zero-order valence-corrected chi connectivity index (χ0v) is 15.5. The molecule has 1 unspecified atom stereocenters. The molecule has 0 N–H and O–H groups in total. The molecule has 0 aromatic heterocycles. The molecule has 0 saturated carbocycles. The summed E-state index contributed by atoms with van der Waals surface area (Å²) in [5.74, 6) is -0.706. The Balaban J connectivity index is 3.17. The van der Waals surface area contributed by atoms with Crippen molar-refractivity contribution in [3.8, 4) is 0 Å². The van der Waals surface area contributed by atoms with Gasteiger partial charge in [0.2, 0.25) is 0 Å². The molecule has 0 spiro atoms. The summed E-state index contributed by atoms with van der Waals surface area (Å²) in [6, 6.07) is 4.77. The minimum atomic E-state index is -1.18. The molecule has 1 rings (SSSR count). The third kappa shape index (κ3) is 5.73. The molecular weight excluding hydrogens is 355 g/mol. The Kier molecular flexibility index (Phi) is 7.11. The molecule has 1 aromatic carbocycles. The van der Waals surface area contributed by atoms with Gasteiger partial charge in [0.25, 0.3) is 0 Å². The van der Waals surface area contributed by atoms with E-state index in [4.69, 9.17) is 37.4 Å². The second-order valence-corrected chi connectivity index (χ2v) is 6.64. The number of hydrogen-bond donors (Lipinski definition) is 0. The SMILES string of the molecule is C=C(C(=O)OCC)C(OC(=O)OC(C)(C)C)c1cccc(Cl)c1Cl. The molecule has 5 nitrogen and oxygen atoms in total. The lowest BCUT2D eigenvalue weighted by Gasteiger charge is -2.24. The normalized spacial score (nSPS) is 12.2. The number of esters is 1. The quantitative estimate of drug-likeness (QED) is 0.529. The smallest absolute Gasteiger partial charge is 0.463 e. The second-order valence-electron chi connectivity index (χ2n) is 5.85. The summed E-state index contributed by atoms with van der Waals surface area (Å²) < 4.78 is 15.3. The molecule has 1 aromatic rings. The van der Waals surface area contributed by atoms with Gasteiger partial charge in [-0.25, -0.2) is 9.59 Å². The van der Waals surface area contributed by atoms with Crippen LogP contribution in [0.1, 0.15) is 39.4 Å². The van der Waals surface area contributed by atoms with Gasteiger partial charge in [-0.1, -0.05) is 41.9 Å². The monoisotopic (exact) mass is 374 g/mol. The maximum atomic E-state index is 12.0. The van der Waals surface area contributed by atoms with Gasteiger partial charge in [-0.3, -0.25) is 0 Å². The largest absolute Gasteiger partial charge is 0.509 e. The van der Waals surface area contributed by atoms with Crippen LogP contribution in [0, 0.1) is 0 Å². The third-order valence-corrected chi connectivity index (χ3v) is 3.56. The molecule has 0 heterocycles. The minimum Gasteiger partial charge on any atom is -0.463 e. The lowest BCUT2D eigenvalue weighted by atomic mass is 10.0. The van der Waals surface area contributed by atoms with E-state index in [1.165, 1.54) is 0 Å². The van der Waals surface area contributed by atoms with Gasteiger partial charge in [0.1, 0.15) is 5.60 Å². The molecule has 24 heavy (non-hydrogen) atoms. The van der Waals surface area contributed by atoms with Crippen LogP contribution in [0.4, 0.5) is 4.79 Å². The fourth-order valence-corrected chi connectivity index (χ4v) is 2.15. The number of carbonyl (C=O) groups excluding carboxylic acids is 2. The van der Waals surface area contributed by atoms with Crippen molar-refractivity contribution in [2.75, 3.05) is 6.61 Å². The first-order valence-corrected chi connectivity index (χ1v) is 8.02. The predicted molar refractivity (Wildman–Crippen MR) is 92.3 cm³/mol. The van der Waals surface area contributed by atoms with Crippen LogP contribution >= 0.6 is 23.2 Å². The van der Waals surface area contributed by atoms with Crippen molar-refractivity contribution in [2.45, 2.75) is 39.4 Å². The van der Waals surface area contributed by atoms with Crippen LogP contribution in [0.3, 0.4) is 0 Å². The number of halogens is 2. The summed E-state index contributed by atoms with van der Waals surface area (Å²) in [4.78, 5) is 24.0. The summed E-state index contributed by atoms with van der Waals surface area (Å²) in [5.41, 5.74) is -0.537. The third-order valence-electron chi connectivity index (χ3n) is 2.72. The van der Waals surface area contributed by atoms with Crippen LogP contribution in [-0.2, 0) is 19.0 Å². The van der Waals surface area contributed by atoms with Crippen molar-refractivity contribution in [3.05, 3.63) is 46.0 Å².